The molecule has 0 radical (unpaired) electrons. The van der Waals surface area contributed by atoms with Crippen molar-refractivity contribution < 1.29 is 14.3 Å². The Hall–Kier alpha value is -3.14. The first kappa shape index (κ1) is 18.2. The highest BCUT2D eigenvalue weighted by Crippen LogP contribution is 2.28. The lowest BCUT2D eigenvalue weighted by atomic mass is 10.0. The zero-order valence-electron chi connectivity index (χ0n) is 15.9. The molecule has 0 spiro atoms. The van der Waals surface area contributed by atoms with Crippen LogP contribution in [0.4, 0.5) is 0 Å². The molecule has 1 heterocycles. The van der Waals surface area contributed by atoms with E-state index in [0.29, 0.717) is 18.5 Å². The zero-order valence-corrected chi connectivity index (χ0v) is 15.9. The van der Waals surface area contributed by atoms with Gasteiger partial charge in [0.15, 0.2) is 0 Å². The predicted molar refractivity (Wildman–Crippen MR) is 109 cm³/mol. The van der Waals surface area contributed by atoms with E-state index in [2.05, 4.69) is 0 Å². The van der Waals surface area contributed by atoms with Gasteiger partial charge in [-0.3, -0.25) is 4.79 Å². The van der Waals surface area contributed by atoms with Crippen molar-refractivity contribution >= 4 is 22.6 Å². The van der Waals surface area contributed by atoms with Gasteiger partial charge in [0.25, 0.3) is 5.91 Å². The Morgan fingerprint density at radius 1 is 0.964 bits per heavy atom. The van der Waals surface area contributed by atoms with Crippen LogP contribution < -0.4 is 0 Å². The number of fused-ring (bicyclic) bond motifs is 1. The van der Waals surface area contributed by atoms with Gasteiger partial charge in [0.1, 0.15) is 12.1 Å². The lowest BCUT2D eigenvalue weighted by Gasteiger charge is -2.25. The van der Waals surface area contributed by atoms with E-state index >= 15 is 0 Å². The minimum Gasteiger partial charge on any atom is -0.456 e. The van der Waals surface area contributed by atoms with Crippen molar-refractivity contribution in [3.05, 3.63) is 83.9 Å². The Labute approximate surface area is 164 Å². The number of nitrogens with zero attached hydrogens (tertiary/aromatic N) is 1. The van der Waals surface area contributed by atoms with E-state index in [1.54, 1.807) is 17.0 Å². The number of amides is 1. The molecule has 3 aromatic carbocycles. The molecule has 4 nitrogen and oxygen atoms in total. The minimum atomic E-state index is -0.523. The molecule has 0 aromatic heterocycles. The monoisotopic (exact) mass is 373 g/mol. The van der Waals surface area contributed by atoms with Crippen molar-refractivity contribution in [3.8, 4) is 0 Å². The fraction of sp³-hybridized carbons (Fsp3) is 0.250. The molecule has 28 heavy (non-hydrogen) atoms. The number of carbonyl (C=O) groups excluding carboxylic acids is 2. The highest BCUT2D eigenvalue weighted by molar-refractivity contribution is 5.97. The van der Waals surface area contributed by atoms with Gasteiger partial charge in [-0.25, -0.2) is 4.79 Å². The first-order valence-electron chi connectivity index (χ1n) is 9.69. The molecular formula is C24H23NO3. The summed E-state index contributed by atoms with van der Waals surface area (Å²) in [4.78, 5) is 27.4. The van der Waals surface area contributed by atoms with Crippen LogP contribution in [0.15, 0.2) is 72.8 Å². The second-order valence-corrected chi connectivity index (χ2v) is 7.17. The normalized spacial score (nSPS) is 17.5. The van der Waals surface area contributed by atoms with Crippen molar-refractivity contribution in [2.45, 2.75) is 31.9 Å². The quantitative estimate of drug-likeness (QED) is 0.620. The molecule has 1 fully saturated rings. The van der Waals surface area contributed by atoms with Crippen LogP contribution in [0.3, 0.4) is 0 Å². The highest BCUT2D eigenvalue weighted by Gasteiger charge is 2.36. The number of benzene rings is 3. The molecule has 0 aliphatic carbocycles. The Morgan fingerprint density at radius 2 is 1.68 bits per heavy atom. The average molecular weight is 373 g/mol. The Bertz CT molecular complexity index is 994. The molecule has 4 heteroatoms. The molecule has 1 saturated heterocycles. The second kappa shape index (κ2) is 7.85. The van der Waals surface area contributed by atoms with Crippen LogP contribution in [-0.2, 0) is 9.53 Å². The summed E-state index contributed by atoms with van der Waals surface area (Å²) in [6.07, 6.45) is 1.06. The third kappa shape index (κ3) is 3.50. The molecule has 1 amide bonds. The average Bonchev–Trinajstić information content (AvgIpc) is 3.23. The summed E-state index contributed by atoms with van der Waals surface area (Å²) in [5.41, 5.74) is 1.58. The van der Waals surface area contributed by atoms with E-state index in [9.17, 15) is 9.59 Å². The van der Waals surface area contributed by atoms with Gasteiger partial charge in [-0.1, -0.05) is 60.7 Å². The number of likely N-dealkylation sites (tertiary alicyclic amines) is 1. The molecule has 0 bridgehead atoms. The van der Waals surface area contributed by atoms with Gasteiger partial charge >= 0.3 is 5.97 Å². The molecule has 1 aliphatic rings. The maximum Gasteiger partial charge on any atom is 0.329 e. The predicted octanol–water partition coefficient (Wildman–Crippen LogP) is 4.75. The van der Waals surface area contributed by atoms with Gasteiger partial charge in [0.05, 0.1) is 0 Å². The molecule has 0 saturated carbocycles. The molecular weight excluding hydrogens is 350 g/mol. The molecule has 3 aromatic rings. The van der Waals surface area contributed by atoms with Gasteiger partial charge < -0.3 is 9.64 Å². The summed E-state index contributed by atoms with van der Waals surface area (Å²) in [6, 6.07) is 22.6. The Morgan fingerprint density at radius 3 is 2.50 bits per heavy atom. The van der Waals surface area contributed by atoms with Crippen LogP contribution in [0.2, 0.25) is 0 Å². The van der Waals surface area contributed by atoms with E-state index in [1.165, 1.54) is 0 Å². The van der Waals surface area contributed by atoms with Gasteiger partial charge in [0.2, 0.25) is 0 Å². The topological polar surface area (TPSA) is 46.6 Å². The summed E-state index contributed by atoms with van der Waals surface area (Å²) in [5, 5.41) is 2.19. The smallest absolute Gasteiger partial charge is 0.329 e. The highest BCUT2D eigenvalue weighted by atomic mass is 16.5. The van der Waals surface area contributed by atoms with Crippen molar-refractivity contribution in [2.24, 2.45) is 0 Å². The van der Waals surface area contributed by atoms with Crippen molar-refractivity contribution in [1.29, 1.82) is 0 Å². The molecule has 142 valence electrons. The van der Waals surface area contributed by atoms with Crippen LogP contribution in [-0.4, -0.2) is 29.4 Å². The van der Waals surface area contributed by atoms with E-state index in [-0.39, 0.29) is 18.0 Å². The van der Waals surface area contributed by atoms with Crippen LogP contribution in [0.5, 0.6) is 0 Å². The third-order valence-electron chi connectivity index (χ3n) is 5.36. The summed E-state index contributed by atoms with van der Waals surface area (Å²) in [5.74, 6) is -0.444. The van der Waals surface area contributed by atoms with Crippen LogP contribution in [0.1, 0.15) is 41.8 Å². The fourth-order valence-corrected chi connectivity index (χ4v) is 3.92. The van der Waals surface area contributed by atoms with Gasteiger partial charge in [-0.15, -0.1) is 0 Å². The summed E-state index contributed by atoms with van der Waals surface area (Å²) in [7, 11) is 0. The van der Waals surface area contributed by atoms with E-state index < -0.39 is 6.04 Å². The van der Waals surface area contributed by atoms with E-state index in [4.69, 9.17) is 4.74 Å². The maximum atomic E-state index is 12.9. The summed E-state index contributed by atoms with van der Waals surface area (Å²) in [6.45, 7) is 2.47. The fourth-order valence-electron chi connectivity index (χ4n) is 3.92. The van der Waals surface area contributed by atoms with E-state index in [1.807, 2.05) is 67.6 Å². The number of hydrogen-bond acceptors (Lipinski definition) is 3. The molecule has 1 aliphatic heterocycles. The van der Waals surface area contributed by atoms with Crippen LogP contribution in [0, 0.1) is 0 Å². The number of hydrogen-bond donors (Lipinski definition) is 0. The number of ether oxygens (including phenoxy) is 1. The van der Waals surface area contributed by atoms with Crippen molar-refractivity contribution in [2.75, 3.05) is 6.54 Å². The summed E-state index contributed by atoms with van der Waals surface area (Å²) < 4.78 is 5.81. The second-order valence-electron chi connectivity index (χ2n) is 7.17. The maximum absolute atomic E-state index is 12.9. The molecule has 1 unspecified atom stereocenters. The lowest BCUT2D eigenvalue weighted by molar-refractivity contribution is -0.153. The molecule has 2 atom stereocenters. The largest absolute Gasteiger partial charge is 0.456 e. The lowest BCUT2D eigenvalue weighted by Crippen LogP contribution is -2.41. The first-order valence-corrected chi connectivity index (χ1v) is 9.69. The number of rotatable bonds is 4. The molecule has 4 rings (SSSR count). The Balaban J connectivity index is 1.51. The van der Waals surface area contributed by atoms with Gasteiger partial charge in [0, 0.05) is 12.1 Å². The standard InChI is InChI=1S/C24H23NO3/c1-17(20-14-7-12-18-9-5-6-13-21(18)20)28-24(27)22-15-8-16-25(22)23(26)19-10-3-2-4-11-19/h2-7,9-14,17,22H,8,15-16H2,1H3/t17?,22-/m0/s1. The summed E-state index contributed by atoms with van der Waals surface area (Å²) >= 11 is 0. The van der Waals surface area contributed by atoms with E-state index in [0.717, 1.165) is 22.8 Å². The number of carbonyl (C=O) groups is 2. The van der Waals surface area contributed by atoms with Crippen LogP contribution in [0.25, 0.3) is 10.8 Å². The van der Waals surface area contributed by atoms with Gasteiger partial charge in [-0.05, 0) is 48.2 Å². The Kier molecular flexibility index (Phi) is 5.11. The first-order chi connectivity index (χ1) is 13.6. The van der Waals surface area contributed by atoms with Gasteiger partial charge in [-0.2, -0.15) is 0 Å². The third-order valence-corrected chi connectivity index (χ3v) is 5.36. The number of esters is 1. The zero-order chi connectivity index (χ0) is 19.5. The van der Waals surface area contributed by atoms with Crippen LogP contribution >= 0.6 is 0 Å². The SMILES string of the molecule is CC(OC(=O)[C@@H]1CCCN1C(=O)c1ccccc1)c1cccc2ccccc12. The van der Waals surface area contributed by atoms with Crippen molar-refractivity contribution in [3.63, 3.8) is 0 Å². The minimum absolute atomic E-state index is 0.113. The molecule has 0 N–H and O–H groups in total. The van der Waals surface area contributed by atoms with Crippen molar-refractivity contribution in [1.82, 2.24) is 4.90 Å².